The number of rotatable bonds is 6. The van der Waals surface area contributed by atoms with Crippen LogP contribution in [0.5, 0.6) is 5.75 Å². The van der Waals surface area contributed by atoms with E-state index in [2.05, 4.69) is 15.5 Å². The van der Waals surface area contributed by atoms with Gasteiger partial charge in [-0.1, -0.05) is 19.3 Å². The molecule has 2 aromatic rings. The molecule has 1 heterocycles. The number of hydrogen-bond donors (Lipinski definition) is 3. The molecule has 0 spiro atoms. The summed E-state index contributed by atoms with van der Waals surface area (Å²) in [4.78, 5) is 12.3. The van der Waals surface area contributed by atoms with Gasteiger partial charge in [0.15, 0.2) is 5.69 Å². The molecule has 136 valence electrons. The minimum atomic E-state index is -0.205. The van der Waals surface area contributed by atoms with Crippen molar-refractivity contribution < 1.29 is 9.53 Å². The van der Waals surface area contributed by atoms with E-state index in [0.717, 1.165) is 11.4 Å². The predicted octanol–water partition coefficient (Wildman–Crippen LogP) is 3.47. The lowest BCUT2D eigenvalue weighted by Crippen LogP contribution is -2.12. The van der Waals surface area contributed by atoms with Crippen LogP contribution in [0.3, 0.4) is 0 Å². The Balaban J connectivity index is 0.00000225. The van der Waals surface area contributed by atoms with Crippen molar-refractivity contribution in [2.75, 3.05) is 18.5 Å². The van der Waals surface area contributed by atoms with Crippen LogP contribution in [0.4, 0.5) is 5.69 Å². The summed E-state index contributed by atoms with van der Waals surface area (Å²) in [5.41, 5.74) is 7.61. The molecular weight excluding hydrogens is 340 g/mol. The second-order valence-electron chi connectivity index (χ2n) is 6.16. The third-order valence-corrected chi connectivity index (χ3v) is 4.37. The first kappa shape index (κ1) is 19.3. The lowest BCUT2D eigenvalue weighted by molar-refractivity contribution is 0.102. The summed E-state index contributed by atoms with van der Waals surface area (Å²) in [6.07, 6.45) is 6.16. The van der Waals surface area contributed by atoms with Gasteiger partial charge in [-0.2, -0.15) is 5.10 Å². The highest BCUT2D eigenvalue weighted by molar-refractivity contribution is 6.02. The summed E-state index contributed by atoms with van der Waals surface area (Å²) in [7, 11) is 0. The Kier molecular flexibility index (Phi) is 7.28. The topological polar surface area (TPSA) is 93.0 Å². The number of aromatic amines is 1. The molecule has 0 aliphatic heterocycles. The lowest BCUT2D eigenvalue weighted by Gasteiger charge is -2.19. The summed E-state index contributed by atoms with van der Waals surface area (Å²) in [5, 5.41) is 10.1. The molecule has 1 aromatic carbocycles. The summed E-state index contributed by atoms with van der Waals surface area (Å²) in [6, 6.07) is 9.10. The van der Waals surface area contributed by atoms with Gasteiger partial charge in [-0.15, -0.1) is 12.4 Å². The Bertz CT molecular complexity index is 666. The summed E-state index contributed by atoms with van der Waals surface area (Å²) >= 11 is 0. The van der Waals surface area contributed by atoms with Gasteiger partial charge in [-0.25, -0.2) is 0 Å². The second-order valence-corrected chi connectivity index (χ2v) is 6.16. The lowest BCUT2D eigenvalue weighted by atomic mass is 9.87. The average Bonchev–Trinajstić information content (AvgIpc) is 3.12. The van der Waals surface area contributed by atoms with E-state index in [9.17, 15) is 4.79 Å². The first-order chi connectivity index (χ1) is 11.8. The van der Waals surface area contributed by atoms with Crippen molar-refractivity contribution >= 4 is 24.0 Å². The maximum absolute atomic E-state index is 12.3. The predicted molar refractivity (Wildman–Crippen MR) is 101 cm³/mol. The van der Waals surface area contributed by atoms with Crippen molar-refractivity contribution in [3.63, 3.8) is 0 Å². The van der Waals surface area contributed by atoms with Crippen molar-refractivity contribution in [3.8, 4) is 5.75 Å². The van der Waals surface area contributed by atoms with Gasteiger partial charge < -0.3 is 15.8 Å². The Morgan fingerprint density at radius 1 is 1.24 bits per heavy atom. The molecule has 3 rings (SSSR count). The fraction of sp³-hybridized carbons (Fsp3) is 0.444. The fourth-order valence-corrected chi connectivity index (χ4v) is 3.08. The summed E-state index contributed by atoms with van der Waals surface area (Å²) in [5.74, 6) is 1.04. The van der Waals surface area contributed by atoms with E-state index in [1.807, 2.05) is 18.2 Å². The molecule has 1 amide bonds. The van der Waals surface area contributed by atoms with E-state index < -0.39 is 0 Å². The number of carbonyl (C=O) groups is 1. The largest absolute Gasteiger partial charge is 0.492 e. The number of halogens is 1. The van der Waals surface area contributed by atoms with Gasteiger partial charge in [0.1, 0.15) is 12.4 Å². The Labute approximate surface area is 153 Å². The maximum Gasteiger partial charge on any atom is 0.276 e. The third kappa shape index (κ3) is 5.21. The second kappa shape index (κ2) is 9.44. The summed E-state index contributed by atoms with van der Waals surface area (Å²) < 4.78 is 5.42. The minimum absolute atomic E-state index is 0. The normalized spacial score (nSPS) is 14.6. The molecule has 1 aromatic heterocycles. The number of aromatic nitrogens is 2. The van der Waals surface area contributed by atoms with Crippen LogP contribution in [0.1, 0.15) is 54.2 Å². The van der Waals surface area contributed by atoms with Crippen LogP contribution in [-0.2, 0) is 0 Å². The van der Waals surface area contributed by atoms with Crippen molar-refractivity contribution in [2.24, 2.45) is 5.73 Å². The third-order valence-electron chi connectivity index (χ3n) is 4.37. The van der Waals surface area contributed by atoms with Gasteiger partial charge in [-0.3, -0.25) is 9.89 Å². The zero-order valence-corrected chi connectivity index (χ0v) is 15.0. The molecule has 1 aliphatic carbocycles. The van der Waals surface area contributed by atoms with Crippen LogP contribution in [-0.4, -0.2) is 29.3 Å². The van der Waals surface area contributed by atoms with Crippen LogP contribution in [0.2, 0.25) is 0 Å². The van der Waals surface area contributed by atoms with Crippen molar-refractivity contribution in [1.82, 2.24) is 10.2 Å². The molecule has 0 saturated heterocycles. The molecule has 1 fully saturated rings. The molecule has 4 N–H and O–H groups in total. The molecule has 1 saturated carbocycles. The van der Waals surface area contributed by atoms with Gasteiger partial charge in [-0.05, 0) is 43.2 Å². The molecule has 1 aliphatic rings. The van der Waals surface area contributed by atoms with Gasteiger partial charge in [0.05, 0.1) is 0 Å². The number of anilines is 1. The van der Waals surface area contributed by atoms with E-state index >= 15 is 0 Å². The first-order valence-corrected chi connectivity index (χ1v) is 8.56. The van der Waals surface area contributed by atoms with Crippen LogP contribution >= 0.6 is 12.4 Å². The average molecular weight is 365 g/mol. The van der Waals surface area contributed by atoms with E-state index in [1.165, 1.54) is 32.1 Å². The highest BCUT2D eigenvalue weighted by atomic mass is 35.5. The molecule has 0 bridgehead atoms. The molecular formula is C18H25ClN4O2. The highest BCUT2D eigenvalue weighted by Crippen LogP contribution is 2.31. The smallest absolute Gasteiger partial charge is 0.276 e. The standard InChI is InChI=1S/C18H24N4O2.ClH/c19-10-11-24-15-8-6-14(7-9-15)20-18(23)17-12-16(21-22-17)13-4-2-1-3-5-13;/h6-9,12-13H,1-5,10-11,19H2,(H,20,23)(H,21,22);1H. The van der Waals surface area contributed by atoms with E-state index in [0.29, 0.717) is 30.5 Å². The van der Waals surface area contributed by atoms with Gasteiger partial charge in [0.25, 0.3) is 5.91 Å². The van der Waals surface area contributed by atoms with Gasteiger partial charge in [0.2, 0.25) is 0 Å². The highest BCUT2D eigenvalue weighted by Gasteiger charge is 2.19. The number of carbonyl (C=O) groups excluding carboxylic acids is 1. The SMILES string of the molecule is Cl.NCCOc1ccc(NC(=O)c2cc(C3CCCCC3)[nH]n2)cc1. The van der Waals surface area contributed by atoms with Gasteiger partial charge in [0, 0.05) is 23.8 Å². The molecule has 0 unspecified atom stereocenters. The van der Waals surface area contributed by atoms with Crippen LogP contribution in [0.25, 0.3) is 0 Å². The van der Waals surface area contributed by atoms with E-state index in [-0.39, 0.29) is 18.3 Å². The zero-order chi connectivity index (χ0) is 16.8. The summed E-state index contributed by atoms with van der Waals surface area (Å²) in [6.45, 7) is 0.948. The molecule has 0 atom stereocenters. The number of hydrogen-bond acceptors (Lipinski definition) is 4. The van der Waals surface area contributed by atoms with Crippen LogP contribution < -0.4 is 15.8 Å². The maximum atomic E-state index is 12.3. The molecule has 0 radical (unpaired) electrons. The number of amides is 1. The number of benzene rings is 1. The van der Waals surface area contributed by atoms with Crippen molar-refractivity contribution in [2.45, 2.75) is 38.0 Å². The number of nitrogens with one attached hydrogen (secondary N) is 2. The Morgan fingerprint density at radius 2 is 1.96 bits per heavy atom. The quantitative estimate of drug-likeness (QED) is 0.731. The number of nitrogens with two attached hydrogens (primary N) is 1. The van der Waals surface area contributed by atoms with Crippen molar-refractivity contribution in [3.05, 3.63) is 41.7 Å². The molecule has 6 nitrogen and oxygen atoms in total. The molecule has 7 heteroatoms. The number of ether oxygens (including phenoxy) is 1. The Hall–Kier alpha value is -2.05. The Morgan fingerprint density at radius 3 is 2.64 bits per heavy atom. The zero-order valence-electron chi connectivity index (χ0n) is 14.2. The van der Waals surface area contributed by atoms with Crippen molar-refractivity contribution in [1.29, 1.82) is 0 Å². The van der Waals surface area contributed by atoms with Crippen LogP contribution in [0.15, 0.2) is 30.3 Å². The molecule has 25 heavy (non-hydrogen) atoms. The van der Waals surface area contributed by atoms with Gasteiger partial charge >= 0.3 is 0 Å². The number of nitrogens with zero attached hydrogens (tertiary/aromatic N) is 1. The van der Waals surface area contributed by atoms with E-state index in [4.69, 9.17) is 10.5 Å². The van der Waals surface area contributed by atoms with E-state index in [1.54, 1.807) is 12.1 Å². The fourth-order valence-electron chi connectivity index (χ4n) is 3.08. The minimum Gasteiger partial charge on any atom is -0.492 e. The first-order valence-electron chi connectivity index (χ1n) is 8.56. The monoisotopic (exact) mass is 364 g/mol. The van der Waals surface area contributed by atoms with Crippen LogP contribution in [0, 0.1) is 0 Å². The number of H-pyrrole nitrogens is 1.